The second-order valence-corrected chi connectivity index (χ2v) is 6.82. The van der Waals surface area contributed by atoms with Crippen LogP contribution >= 0.6 is 0 Å². The molecule has 0 amide bonds. The van der Waals surface area contributed by atoms with Gasteiger partial charge in [-0.3, -0.25) is 9.69 Å². The Bertz CT molecular complexity index is 934. The molecule has 1 aromatic carbocycles. The van der Waals surface area contributed by atoms with Crippen LogP contribution in [0.1, 0.15) is 12.8 Å². The van der Waals surface area contributed by atoms with E-state index in [1.165, 1.54) is 6.20 Å². The summed E-state index contributed by atoms with van der Waals surface area (Å²) in [5, 5.41) is 0. The van der Waals surface area contributed by atoms with Crippen molar-refractivity contribution in [2.45, 2.75) is 19.4 Å². The normalized spacial score (nSPS) is 15.3. The lowest BCUT2D eigenvalue weighted by Crippen LogP contribution is -2.47. The molecule has 0 aliphatic carbocycles. The minimum Gasteiger partial charge on any atom is -0.338 e. The van der Waals surface area contributed by atoms with Gasteiger partial charge < -0.3 is 9.47 Å². The molecule has 0 radical (unpaired) electrons. The molecule has 27 heavy (non-hydrogen) atoms. The Morgan fingerprint density at radius 3 is 2.41 bits per heavy atom. The lowest BCUT2D eigenvalue weighted by Gasteiger charge is -2.34. The first-order valence-electron chi connectivity index (χ1n) is 9.50. The van der Waals surface area contributed by atoms with E-state index in [4.69, 9.17) is 0 Å². The van der Waals surface area contributed by atoms with Crippen molar-refractivity contribution in [3.05, 3.63) is 59.3 Å². The molecule has 1 saturated heterocycles. The number of rotatable bonds is 6. The zero-order valence-electron chi connectivity index (χ0n) is 15.4. The van der Waals surface area contributed by atoms with Gasteiger partial charge in [-0.05, 0) is 37.6 Å². The molecule has 1 aliphatic rings. The Morgan fingerprint density at radius 2 is 1.59 bits per heavy atom. The van der Waals surface area contributed by atoms with Crippen LogP contribution in [0.25, 0.3) is 11.0 Å². The van der Waals surface area contributed by atoms with Crippen molar-refractivity contribution in [2.24, 2.45) is 0 Å². The van der Waals surface area contributed by atoms with E-state index >= 15 is 0 Å². The summed E-state index contributed by atoms with van der Waals surface area (Å²) in [7, 11) is 0. The topological polar surface area (TPSA) is 67.2 Å². The highest BCUT2D eigenvalue weighted by atomic mass is 16.1. The minimum absolute atomic E-state index is 0.0230. The van der Waals surface area contributed by atoms with Crippen molar-refractivity contribution < 1.29 is 0 Å². The predicted octanol–water partition coefficient (Wildman–Crippen LogP) is 1.79. The summed E-state index contributed by atoms with van der Waals surface area (Å²) >= 11 is 0. The fourth-order valence-electron chi connectivity index (χ4n) is 3.58. The molecular formula is C20H24N6O. The average Bonchev–Trinajstić information content (AvgIpc) is 2.73. The van der Waals surface area contributed by atoms with Gasteiger partial charge in [0.05, 0.1) is 17.2 Å². The average molecular weight is 364 g/mol. The van der Waals surface area contributed by atoms with Gasteiger partial charge in [0.1, 0.15) is 0 Å². The molecule has 140 valence electrons. The number of hydrogen-bond acceptors (Lipinski definition) is 6. The first-order valence-corrected chi connectivity index (χ1v) is 9.50. The van der Waals surface area contributed by atoms with E-state index in [1.54, 1.807) is 12.4 Å². The molecule has 7 heteroatoms. The van der Waals surface area contributed by atoms with Crippen LogP contribution in [-0.4, -0.2) is 57.1 Å². The van der Waals surface area contributed by atoms with E-state index < -0.39 is 0 Å². The van der Waals surface area contributed by atoms with Crippen LogP contribution < -0.4 is 10.5 Å². The van der Waals surface area contributed by atoms with Crippen LogP contribution in [-0.2, 0) is 6.54 Å². The number of unbranched alkanes of at least 4 members (excludes halogenated alkanes) is 1. The lowest BCUT2D eigenvalue weighted by atomic mass is 10.2. The van der Waals surface area contributed by atoms with Crippen LogP contribution in [0.4, 0.5) is 5.95 Å². The maximum Gasteiger partial charge on any atom is 0.269 e. The summed E-state index contributed by atoms with van der Waals surface area (Å²) in [5.41, 5.74) is 1.77. The zero-order chi connectivity index (χ0) is 18.5. The summed E-state index contributed by atoms with van der Waals surface area (Å²) < 4.78 is 1.84. The molecule has 3 aromatic rings. The maximum atomic E-state index is 12.2. The van der Waals surface area contributed by atoms with Crippen LogP contribution in [0, 0.1) is 0 Å². The zero-order valence-corrected chi connectivity index (χ0v) is 15.4. The van der Waals surface area contributed by atoms with Gasteiger partial charge in [0.2, 0.25) is 5.95 Å². The molecule has 1 aliphatic heterocycles. The van der Waals surface area contributed by atoms with Crippen molar-refractivity contribution >= 4 is 17.0 Å². The molecule has 4 rings (SSSR count). The first kappa shape index (κ1) is 17.6. The second-order valence-electron chi connectivity index (χ2n) is 6.82. The van der Waals surface area contributed by atoms with E-state index in [1.807, 2.05) is 34.9 Å². The van der Waals surface area contributed by atoms with Crippen LogP contribution in [0.2, 0.25) is 0 Å². The smallest absolute Gasteiger partial charge is 0.269 e. The van der Waals surface area contributed by atoms with Crippen molar-refractivity contribution in [3.8, 4) is 0 Å². The largest absolute Gasteiger partial charge is 0.338 e. The lowest BCUT2D eigenvalue weighted by molar-refractivity contribution is 0.250. The number of para-hydroxylation sites is 2. The Hall–Kier alpha value is -2.80. The van der Waals surface area contributed by atoms with Gasteiger partial charge in [0.25, 0.3) is 5.56 Å². The number of hydrogen-bond donors (Lipinski definition) is 0. The minimum atomic E-state index is -0.0230. The van der Waals surface area contributed by atoms with Gasteiger partial charge in [0, 0.05) is 45.1 Å². The quantitative estimate of drug-likeness (QED) is 0.621. The molecule has 3 heterocycles. The second kappa shape index (κ2) is 8.26. The Balaban J connectivity index is 1.26. The molecule has 0 spiro atoms. The summed E-state index contributed by atoms with van der Waals surface area (Å²) in [6, 6.07) is 9.66. The van der Waals surface area contributed by atoms with E-state index in [2.05, 4.69) is 24.8 Å². The highest BCUT2D eigenvalue weighted by Gasteiger charge is 2.18. The van der Waals surface area contributed by atoms with Crippen molar-refractivity contribution in [2.75, 3.05) is 37.6 Å². The van der Waals surface area contributed by atoms with E-state index in [0.29, 0.717) is 0 Å². The monoisotopic (exact) mass is 364 g/mol. The summed E-state index contributed by atoms with van der Waals surface area (Å²) in [6.07, 6.45) is 7.06. The van der Waals surface area contributed by atoms with Crippen LogP contribution in [0.3, 0.4) is 0 Å². The van der Waals surface area contributed by atoms with Gasteiger partial charge in [0.15, 0.2) is 0 Å². The highest BCUT2D eigenvalue weighted by molar-refractivity contribution is 5.74. The molecule has 1 fully saturated rings. The predicted molar refractivity (Wildman–Crippen MR) is 106 cm³/mol. The SMILES string of the molecule is O=c1cnc2ccccc2n1CCCCN1CCN(c2ncccn2)CC1. The van der Waals surface area contributed by atoms with E-state index in [-0.39, 0.29) is 5.56 Å². The molecule has 0 atom stereocenters. The van der Waals surface area contributed by atoms with Gasteiger partial charge in [-0.2, -0.15) is 0 Å². The number of piperazine rings is 1. The third-order valence-electron chi connectivity index (χ3n) is 5.07. The Kier molecular flexibility index (Phi) is 5.39. The standard InChI is InChI=1S/C20H24N6O/c27-19-16-23-17-6-1-2-7-18(17)26(19)11-4-3-10-24-12-14-25(15-13-24)20-21-8-5-9-22-20/h1-2,5-9,16H,3-4,10-15H2. The number of aromatic nitrogens is 4. The maximum absolute atomic E-state index is 12.2. The van der Waals surface area contributed by atoms with E-state index in [0.717, 1.165) is 69.1 Å². The van der Waals surface area contributed by atoms with Gasteiger partial charge in [-0.1, -0.05) is 12.1 Å². The molecular weight excluding hydrogens is 340 g/mol. The Morgan fingerprint density at radius 1 is 0.852 bits per heavy atom. The van der Waals surface area contributed by atoms with Gasteiger partial charge in [-0.25, -0.2) is 15.0 Å². The van der Waals surface area contributed by atoms with Crippen molar-refractivity contribution in [1.29, 1.82) is 0 Å². The molecule has 7 nitrogen and oxygen atoms in total. The summed E-state index contributed by atoms with van der Waals surface area (Å²) in [5.74, 6) is 0.820. The fourth-order valence-corrected chi connectivity index (χ4v) is 3.58. The molecule has 2 aromatic heterocycles. The number of aryl methyl sites for hydroxylation is 1. The number of anilines is 1. The van der Waals surface area contributed by atoms with Crippen molar-refractivity contribution in [1.82, 2.24) is 24.4 Å². The van der Waals surface area contributed by atoms with Crippen LogP contribution in [0.15, 0.2) is 53.7 Å². The summed E-state index contributed by atoms with van der Waals surface area (Å²) in [6.45, 7) is 5.75. The molecule has 0 saturated carbocycles. The highest BCUT2D eigenvalue weighted by Crippen LogP contribution is 2.12. The third kappa shape index (κ3) is 4.14. The molecule has 0 unspecified atom stereocenters. The third-order valence-corrected chi connectivity index (χ3v) is 5.07. The summed E-state index contributed by atoms with van der Waals surface area (Å²) in [4.78, 5) is 29.8. The number of benzene rings is 1. The van der Waals surface area contributed by atoms with Crippen molar-refractivity contribution in [3.63, 3.8) is 0 Å². The number of nitrogens with zero attached hydrogens (tertiary/aromatic N) is 6. The first-order chi connectivity index (χ1) is 13.3. The van der Waals surface area contributed by atoms with Crippen LogP contribution in [0.5, 0.6) is 0 Å². The Labute approximate surface area is 158 Å². The number of fused-ring (bicyclic) bond motifs is 1. The van der Waals surface area contributed by atoms with E-state index in [9.17, 15) is 4.79 Å². The fraction of sp³-hybridized carbons (Fsp3) is 0.400. The molecule has 0 N–H and O–H groups in total. The molecule has 0 bridgehead atoms. The van der Waals surface area contributed by atoms with Gasteiger partial charge >= 0.3 is 0 Å². The van der Waals surface area contributed by atoms with Gasteiger partial charge in [-0.15, -0.1) is 0 Å².